The van der Waals surface area contributed by atoms with Gasteiger partial charge in [0.25, 0.3) is 0 Å². The lowest BCUT2D eigenvalue weighted by Gasteiger charge is -2.30. The smallest absolute Gasteiger partial charge is 0.291 e. The van der Waals surface area contributed by atoms with Gasteiger partial charge in [-0.25, -0.2) is 4.39 Å². The molecule has 0 bridgehead atoms. The average molecular weight is 364 g/mol. The van der Waals surface area contributed by atoms with E-state index in [2.05, 4.69) is 0 Å². The molecule has 4 rings (SSSR count). The number of alkyl halides is 3. The van der Waals surface area contributed by atoms with Crippen LogP contribution < -0.4 is 4.90 Å². The van der Waals surface area contributed by atoms with Gasteiger partial charge < -0.3 is 0 Å². The second-order valence-electron chi connectivity index (χ2n) is 6.57. The lowest BCUT2D eigenvalue weighted by molar-refractivity contribution is -0.137. The predicted molar refractivity (Wildman–Crippen MR) is 87.8 cm³/mol. The quantitative estimate of drug-likeness (QED) is 0.740. The fraction of sp³-hybridized carbons (Fsp3) is 0.316. The molecule has 2 aromatic rings. The Balaban J connectivity index is 1.75. The van der Waals surface area contributed by atoms with Crippen LogP contribution in [0.2, 0.25) is 0 Å². The topological polar surface area (TPSA) is 23.6 Å². The molecule has 2 aliphatic heterocycles. The Hall–Kier alpha value is -2.41. The van der Waals surface area contributed by atoms with Crippen molar-refractivity contribution in [2.24, 2.45) is 0 Å². The maximum atomic E-state index is 13.3. The number of fused-ring (bicyclic) bond motifs is 1. The van der Waals surface area contributed by atoms with Crippen LogP contribution in [0.4, 0.5) is 23.2 Å². The normalized spacial score (nSPS) is 23.5. The van der Waals surface area contributed by atoms with Crippen molar-refractivity contribution in [3.8, 4) is 0 Å². The van der Waals surface area contributed by atoms with Gasteiger partial charge in [-0.2, -0.15) is 13.2 Å². The molecular weight excluding hydrogens is 348 g/mol. The highest BCUT2D eigenvalue weighted by atomic mass is 19.4. The standard InChI is InChI=1S/C19H16F4N2O/c20-14-7-9-15(10-8-14)25-17(24-11-1-2-16(24)18(25)26)12-3-5-13(6-4-12)19(21,22)23/h3-10,16-17H,1-2,11H2. The SMILES string of the molecule is O=C1C2CCCN2C(c2ccc(C(F)(F)F)cc2)N1c1ccc(F)cc1. The summed E-state index contributed by atoms with van der Waals surface area (Å²) in [5, 5.41) is 0. The number of anilines is 1. The van der Waals surface area contributed by atoms with Gasteiger partial charge in [0.1, 0.15) is 12.0 Å². The number of nitrogens with zero attached hydrogens (tertiary/aromatic N) is 2. The third kappa shape index (κ3) is 2.76. The Morgan fingerprint density at radius 3 is 2.23 bits per heavy atom. The third-order valence-corrected chi connectivity index (χ3v) is 5.02. The molecule has 2 aliphatic rings. The molecule has 1 amide bonds. The van der Waals surface area contributed by atoms with Crippen LogP contribution in [-0.2, 0) is 11.0 Å². The minimum Gasteiger partial charge on any atom is -0.291 e. The van der Waals surface area contributed by atoms with E-state index in [4.69, 9.17) is 0 Å². The maximum Gasteiger partial charge on any atom is 0.416 e. The van der Waals surface area contributed by atoms with E-state index >= 15 is 0 Å². The number of halogens is 4. The summed E-state index contributed by atoms with van der Waals surface area (Å²) < 4.78 is 51.8. The van der Waals surface area contributed by atoms with E-state index in [9.17, 15) is 22.4 Å². The van der Waals surface area contributed by atoms with Crippen LogP contribution in [0.15, 0.2) is 48.5 Å². The summed E-state index contributed by atoms with van der Waals surface area (Å²) in [5.74, 6) is -0.508. The Bertz CT molecular complexity index is 817. The first-order chi connectivity index (χ1) is 12.4. The highest BCUT2D eigenvalue weighted by molar-refractivity contribution is 6.00. The largest absolute Gasteiger partial charge is 0.416 e. The predicted octanol–water partition coefficient (Wildman–Crippen LogP) is 4.35. The maximum absolute atomic E-state index is 13.3. The van der Waals surface area contributed by atoms with Crippen molar-refractivity contribution in [3.05, 3.63) is 65.5 Å². The Morgan fingerprint density at radius 1 is 0.962 bits per heavy atom. The molecule has 2 atom stereocenters. The summed E-state index contributed by atoms with van der Waals surface area (Å²) >= 11 is 0. The monoisotopic (exact) mass is 364 g/mol. The van der Waals surface area contributed by atoms with Gasteiger partial charge in [0.05, 0.1) is 11.6 Å². The molecule has 26 heavy (non-hydrogen) atoms. The first kappa shape index (κ1) is 17.0. The second kappa shape index (κ2) is 6.09. The number of benzene rings is 2. The van der Waals surface area contributed by atoms with Crippen LogP contribution in [0.3, 0.4) is 0 Å². The van der Waals surface area contributed by atoms with E-state index in [0.717, 1.165) is 18.6 Å². The van der Waals surface area contributed by atoms with Gasteiger partial charge in [-0.1, -0.05) is 12.1 Å². The van der Waals surface area contributed by atoms with Crippen LogP contribution >= 0.6 is 0 Å². The molecule has 0 radical (unpaired) electrons. The Morgan fingerprint density at radius 2 is 1.62 bits per heavy atom. The first-order valence-corrected chi connectivity index (χ1v) is 8.38. The van der Waals surface area contributed by atoms with Crippen molar-refractivity contribution >= 4 is 11.6 Å². The van der Waals surface area contributed by atoms with Crippen molar-refractivity contribution in [1.82, 2.24) is 4.90 Å². The summed E-state index contributed by atoms with van der Waals surface area (Å²) in [4.78, 5) is 16.5. The van der Waals surface area contributed by atoms with E-state index in [1.807, 2.05) is 4.90 Å². The number of hydrogen-bond acceptors (Lipinski definition) is 2. The molecule has 0 saturated carbocycles. The zero-order chi connectivity index (χ0) is 18.5. The lowest BCUT2D eigenvalue weighted by Crippen LogP contribution is -2.32. The van der Waals surface area contributed by atoms with Crippen LogP contribution in [0.25, 0.3) is 0 Å². The molecular formula is C19H16F4N2O. The van der Waals surface area contributed by atoms with Gasteiger partial charge in [0.2, 0.25) is 5.91 Å². The van der Waals surface area contributed by atoms with Crippen molar-refractivity contribution in [1.29, 1.82) is 0 Å². The van der Waals surface area contributed by atoms with Gasteiger partial charge in [-0.15, -0.1) is 0 Å². The van der Waals surface area contributed by atoms with Gasteiger partial charge in [-0.05, 0) is 54.8 Å². The second-order valence-corrected chi connectivity index (χ2v) is 6.57. The Labute approximate surface area is 147 Å². The van der Waals surface area contributed by atoms with Gasteiger partial charge >= 0.3 is 6.18 Å². The van der Waals surface area contributed by atoms with E-state index < -0.39 is 23.7 Å². The Kier molecular flexibility index (Phi) is 3.99. The van der Waals surface area contributed by atoms with Gasteiger partial charge in [0.15, 0.2) is 0 Å². The summed E-state index contributed by atoms with van der Waals surface area (Å²) in [6.45, 7) is 0.694. The molecule has 2 fully saturated rings. The van der Waals surface area contributed by atoms with Gasteiger partial charge in [-0.3, -0.25) is 14.6 Å². The molecule has 2 heterocycles. The molecule has 2 unspecified atom stereocenters. The van der Waals surface area contributed by atoms with Crippen LogP contribution in [0, 0.1) is 5.82 Å². The van der Waals surface area contributed by atoms with E-state index in [1.54, 1.807) is 4.90 Å². The van der Waals surface area contributed by atoms with Crippen molar-refractivity contribution in [2.75, 3.05) is 11.4 Å². The number of hydrogen-bond donors (Lipinski definition) is 0. The zero-order valence-electron chi connectivity index (χ0n) is 13.7. The minimum atomic E-state index is -4.41. The minimum absolute atomic E-state index is 0.0981. The summed E-state index contributed by atoms with van der Waals surface area (Å²) in [6.07, 6.45) is -3.31. The van der Waals surface area contributed by atoms with E-state index in [1.165, 1.54) is 36.4 Å². The van der Waals surface area contributed by atoms with Crippen LogP contribution in [0.1, 0.15) is 30.1 Å². The average Bonchev–Trinajstić information content (AvgIpc) is 3.17. The highest BCUT2D eigenvalue weighted by Crippen LogP contribution is 2.43. The van der Waals surface area contributed by atoms with Gasteiger partial charge in [0, 0.05) is 12.2 Å². The molecule has 0 spiro atoms. The number of carbonyl (C=O) groups excluding carboxylic acids is 1. The van der Waals surface area contributed by atoms with E-state index in [0.29, 0.717) is 24.2 Å². The number of amides is 1. The number of carbonyl (C=O) groups is 1. The van der Waals surface area contributed by atoms with Crippen molar-refractivity contribution < 1.29 is 22.4 Å². The fourth-order valence-electron chi connectivity index (χ4n) is 3.83. The summed E-state index contributed by atoms with van der Waals surface area (Å²) in [5.41, 5.74) is 0.424. The van der Waals surface area contributed by atoms with Crippen molar-refractivity contribution in [2.45, 2.75) is 31.2 Å². The van der Waals surface area contributed by atoms with Crippen molar-refractivity contribution in [3.63, 3.8) is 0 Å². The molecule has 0 aromatic heterocycles. The zero-order valence-corrected chi connectivity index (χ0v) is 13.7. The summed E-state index contributed by atoms with van der Waals surface area (Å²) in [6, 6.07) is 10.2. The number of rotatable bonds is 2. The molecule has 3 nitrogen and oxygen atoms in total. The molecule has 2 aromatic carbocycles. The molecule has 2 saturated heterocycles. The van der Waals surface area contributed by atoms with E-state index in [-0.39, 0.29) is 11.9 Å². The lowest BCUT2D eigenvalue weighted by atomic mass is 10.1. The first-order valence-electron chi connectivity index (χ1n) is 8.38. The molecule has 136 valence electrons. The van der Waals surface area contributed by atoms with Crippen LogP contribution in [0.5, 0.6) is 0 Å². The fourth-order valence-corrected chi connectivity index (χ4v) is 3.83. The molecule has 0 N–H and O–H groups in total. The molecule has 7 heteroatoms. The highest BCUT2D eigenvalue weighted by Gasteiger charge is 2.49. The third-order valence-electron chi connectivity index (χ3n) is 5.02. The summed E-state index contributed by atoms with van der Waals surface area (Å²) in [7, 11) is 0. The molecule has 0 aliphatic carbocycles. The van der Waals surface area contributed by atoms with Crippen LogP contribution in [-0.4, -0.2) is 23.4 Å².